The van der Waals surface area contributed by atoms with Crippen molar-refractivity contribution in [3.05, 3.63) is 83.3 Å². The summed E-state index contributed by atoms with van der Waals surface area (Å²) in [5.74, 6) is -0.361. The number of benzene rings is 2. The molecule has 34 heavy (non-hydrogen) atoms. The smallest absolute Gasteiger partial charge is 0.289 e. The Bertz CT molecular complexity index is 1280. The van der Waals surface area contributed by atoms with Crippen LogP contribution in [-0.2, 0) is 0 Å². The third-order valence-corrected chi connectivity index (χ3v) is 5.77. The number of carbonyl (C=O) groups is 1. The molecule has 0 radical (unpaired) electrons. The number of nitrogens with zero attached hydrogens (tertiary/aromatic N) is 5. The van der Waals surface area contributed by atoms with E-state index in [0.717, 1.165) is 47.0 Å². The molecule has 4 aromatic rings. The topological polar surface area (TPSA) is 91.2 Å². The van der Waals surface area contributed by atoms with E-state index in [1.54, 1.807) is 12.3 Å². The second-order valence-electron chi connectivity index (χ2n) is 7.92. The summed E-state index contributed by atoms with van der Waals surface area (Å²) in [5, 5.41) is 15.9. The normalized spacial score (nSPS) is 11.2. The number of rotatable bonds is 8. The molecule has 0 unspecified atom stereocenters. The number of amides is 1. The molecule has 174 valence electrons. The maximum atomic E-state index is 12.6. The molecule has 8 heteroatoms. The van der Waals surface area contributed by atoms with Crippen molar-refractivity contribution in [3.8, 4) is 16.9 Å². The first-order chi connectivity index (χ1) is 16.5. The average Bonchev–Trinajstić information content (AvgIpc) is 3.45. The van der Waals surface area contributed by atoms with Crippen molar-refractivity contribution in [2.75, 3.05) is 18.0 Å². The third kappa shape index (κ3) is 4.76. The molecule has 0 aliphatic heterocycles. The summed E-state index contributed by atoms with van der Waals surface area (Å²) in [5.41, 5.74) is 9.29. The van der Waals surface area contributed by atoms with Crippen LogP contribution in [0.4, 0.5) is 5.69 Å². The van der Waals surface area contributed by atoms with Crippen molar-refractivity contribution >= 4 is 17.8 Å². The molecule has 4 rings (SSSR count). The lowest BCUT2D eigenvalue weighted by Gasteiger charge is -2.20. The van der Waals surface area contributed by atoms with Crippen molar-refractivity contribution in [1.82, 2.24) is 25.4 Å². The van der Waals surface area contributed by atoms with Crippen LogP contribution in [0.5, 0.6) is 0 Å². The lowest BCUT2D eigenvalue weighted by molar-refractivity contribution is 0.0950. The van der Waals surface area contributed by atoms with Crippen LogP contribution in [0.15, 0.2) is 65.8 Å². The van der Waals surface area contributed by atoms with Crippen molar-refractivity contribution < 1.29 is 4.79 Å². The van der Waals surface area contributed by atoms with Crippen molar-refractivity contribution in [2.24, 2.45) is 5.10 Å². The standard InChI is InChI=1S/C26H29N7O/c1-5-32(6-2)21-14-12-20(13-15-21)17-27-30-26(34)24-16-23(28-29-24)25-18(3)31-33(19(25)4)22-10-8-7-9-11-22/h7-17H,5-6H2,1-4H3,(H,28,29)(H,30,34)/b27-17+. The lowest BCUT2D eigenvalue weighted by Crippen LogP contribution is -2.21. The first-order valence-corrected chi connectivity index (χ1v) is 11.4. The number of H-pyrrole nitrogens is 1. The average molecular weight is 456 g/mol. The van der Waals surface area contributed by atoms with E-state index in [-0.39, 0.29) is 5.91 Å². The highest BCUT2D eigenvalue weighted by atomic mass is 16.2. The van der Waals surface area contributed by atoms with E-state index in [9.17, 15) is 4.79 Å². The molecular weight excluding hydrogens is 426 g/mol. The molecule has 0 atom stereocenters. The number of aromatic nitrogens is 4. The molecule has 0 spiro atoms. The number of hydrogen-bond acceptors (Lipinski definition) is 5. The molecule has 0 aliphatic carbocycles. The van der Waals surface area contributed by atoms with Crippen LogP contribution in [0.25, 0.3) is 16.9 Å². The summed E-state index contributed by atoms with van der Waals surface area (Å²) >= 11 is 0. The van der Waals surface area contributed by atoms with Crippen molar-refractivity contribution in [3.63, 3.8) is 0 Å². The fourth-order valence-corrected chi connectivity index (χ4v) is 3.99. The molecule has 0 bridgehead atoms. The number of aromatic amines is 1. The molecule has 8 nitrogen and oxygen atoms in total. The second kappa shape index (κ2) is 10.2. The minimum absolute atomic E-state index is 0.329. The van der Waals surface area contributed by atoms with E-state index < -0.39 is 0 Å². The van der Waals surface area contributed by atoms with Gasteiger partial charge in [0, 0.05) is 24.3 Å². The quantitative estimate of drug-likeness (QED) is 0.303. The van der Waals surface area contributed by atoms with E-state index in [0.29, 0.717) is 11.4 Å². The van der Waals surface area contributed by atoms with Gasteiger partial charge in [0.1, 0.15) is 5.69 Å². The molecule has 2 N–H and O–H groups in total. The molecule has 2 aromatic carbocycles. The first-order valence-electron chi connectivity index (χ1n) is 11.4. The number of nitrogens with one attached hydrogen (secondary N) is 2. The van der Waals surface area contributed by atoms with Crippen LogP contribution >= 0.6 is 0 Å². The van der Waals surface area contributed by atoms with Gasteiger partial charge >= 0.3 is 0 Å². The van der Waals surface area contributed by atoms with E-state index in [1.165, 1.54) is 0 Å². The van der Waals surface area contributed by atoms with Gasteiger partial charge in [-0.3, -0.25) is 9.89 Å². The van der Waals surface area contributed by atoms with Crippen LogP contribution < -0.4 is 10.3 Å². The molecule has 2 heterocycles. The molecule has 2 aromatic heterocycles. The maximum Gasteiger partial charge on any atom is 0.289 e. The predicted octanol–water partition coefficient (Wildman–Crippen LogP) is 4.49. The summed E-state index contributed by atoms with van der Waals surface area (Å²) in [4.78, 5) is 14.8. The van der Waals surface area contributed by atoms with Crippen molar-refractivity contribution in [2.45, 2.75) is 27.7 Å². The van der Waals surface area contributed by atoms with Gasteiger partial charge in [-0.2, -0.15) is 15.3 Å². The Morgan fingerprint density at radius 1 is 1.09 bits per heavy atom. The molecule has 1 amide bonds. The number of carbonyl (C=O) groups excluding carboxylic acids is 1. The maximum absolute atomic E-state index is 12.6. The van der Waals surface area contributed by atoms with Gasteiger partial charge in [0.25, 0.3) is 5.91 Å². The van der Waals surface area contributed by atoms with Crippen LogP contribution in [0.3, 0.4) is 0 Å². The fraction of sp³-hybridized carbons (Fsp3) is 0.231. The second-order valence-corrected chi connectivity index (χ2v) is 7.92. The first kappa shape index (κ1) is 23.0. The summed E-state index contributed by atoms with van der Waals surface area (Å²) in [6.07, 6.45) is 1.62. The van der Waals surface area contributed by atoms with Crippen molar-refractivity contribution in [1.29, 1.82) is 0 Å². The van der Waals surface area contributed by atoms with E-state index in [1.807, 2.05) is 61.0 Å². The highest BCUT2D eigenvalue weighted by Crippen LogP contribution is 2.27. The Hall–Kier alpha value is -4.20. The number of aryl methyl sites for hydroxylation is 1. The van der Waals surface area contributed by atoms with Crippen LogP contribution in [0, 0.1) is 13.8 Å². The summed E-state index contributed by atoms with van der Waals surface area (Å²) < 4.78 is 1.88. The van der Waals surface area contributed by atoms with Gasteiger partial charge in [-0.15, -0.1) is 0 Å². The predicted molar refractivity (Wildman–Crippen MR) is 136 cm³/mol. The zero-order chi connectivity index (χ0) is 24.1. The third-order valence-electron chi connectivity index (χ3n) is 5.77. The Morgan fingerprint density at radius 2 is 1.79 bits per heavy atom. The SMILES string of the molecule is CCN(CC)c1ccc(/C=N/NC(=O)c2cc(-c3c(C)nn(-c4ccccc4)c3C)n[nH]2)cc1. The summed E-state index contributed by atoms with van der Waals surface area (Å²) in [7, 11) is 0. The van der Waals surface area contributed by atoms with Gasteiger partial charge in [0.2, 0.25) is 0 Å². The lowest BCUT2D eigenvalue weighted by atomic mass is 10.1. The molecule has 0 saturated carbocycles. The molecule has 0 saturated heterocycles. The summed E-state index contributed by atoms with van der Waals surface area (Å²) in [6, 6.07) is 19.7. The van der Waals surface area contributed by atoms with Crippen LogP contribution in [0.2, 0.25) is 0 Å². The minimum atomic E-state index is -0.361. The number of anilines is 1. The fourth-order valence-electron chi connectivity index (χ4n) is 3.99. The Balaban J connectivity index is 1.45. The van der Waals surface area contributed by atoms with Gasteiger partial charge in [-0.25, -0.2) is 10.1 Å². The van der Waals surface area contributed by atoms with E-state index in [4.69, 9.17) is 0 Å². The zero-order valence-electron chi connectivity index (χ0n) is 19.9. The molecular formula is C26H29N7O. The van der Waals surface area contributed by atoms with E-state index in [2.05, 4.69) is 56.7 Å². The molecule has 0 fully saturated rings. The van der Waals surface area contributed by atoms with Gasteiger partial charge in [-0.05, 0) is 63.6 Å². The molecule has 0 aliphatic rings. The minimum Gasteiger partial charge on any atom is -0.372 e. The van der Waals surface area contributed by atoms with Gasteiger partial charge in [-0.1, -0.05) is 30.3 Å². The monoisotopic (exact) mass is 455 g/mol. The Kier molecular flexibility index (Phi) is 6.87. The Labute approximate surface area is 199 Å². The van der Waals surface area contributed by atoms with Gasteiger partial charge in [0.05, 0.1) is 29.0 Å². The number of para-hydroxylation sites is 1. The zero-order valence-corrected chi connectivity index (χ0v) is 19.9. The van der Waals surface area contributed by atoms with E-state index >= 15 is 0 Å². The van der Waals surface area contributed by atoms with Crippen LogP contribution in [-0.4, -0.2) is 45.2 Å². The number of hydrogen-bond donors (Lipinski definition) is 2. The highest BCUT2D eigenvalue weighted by molar-refractivity contribution is 5.94. The van der Waals surface area contributed by atoms with Gasteiger partial charge < -0.3 is 4.90 Å². The van der Waals surface area contributed by atoms with Crippen LogP contribution in [0.1, 0.15) is 41.3 Å². The summed E-state index contributed by atoms with van der Waals surface area (Å²) in [6.45, 7) is 10.1. The highest BCUT2D eigenvalue weighted by Gasteiger charge is 2.18. The Morgan fingerprint density at radius 3 is 2.47 bits per heavy atom. The number of hydrazone groups is 1. The van der Waals surface area contributed by atoms with Gasteiger partial charge in [0.15, 0.2) is 0 Å². The largest absolute Gasteiger partial charge is 0.372 e.